The van der Waals surface area contributed by atoms with Crippen LogP contribution in [0.15, 0.2) is 52.1 Å². The van der Waals surface area contributed by atoms with E-state index in [0.29, 0.717) is 17.5 Å². The average molecular weight is 356 g/mol. The SMILES string of the molecule is CC(Sc1nc2ccccc2o1)C(=O)NCc1ccc2c(c1)OCO2. The first-order valence-corrected chi connectivity index (χ1v) is 8.75. The molecule has 1 aliphatic heterocycles. The molecular formula is C18H16N2O4S. The average Bonchev–Trinajstić information content (AvgIpc) is 3.24. The van der Waals surface area contributed by atoms with Gasteiger partial charge in [-0.3, -0.25) is 4.79 Å². The second-order valence-corrected chi connectivity index (χ2v) is 6.91. The number of oxazole rings is 1. The van der Waals surface area contributed by atoms with Gasteiger partial charge in [0.1, 0.15) is 5.52 Å². The van der Waals surface area contributed by atoms with Gasteiger partial charge in [-0.1, -0.05) is 30.0 Å². The predicted molar refractivity (Wildman–Crippen MR) is 93.7 cm³/mol. The third-order valence-electron chi connectivity index (χ3n) is 3.82. The Labute approximate surface area is 148 Å². The topological polar surface area (TPSA) is 73.6 Å². The quantitative estimate of drug-likeness (QED) is 0.707. The number of nitrogens with one attached hydrogen (secondary N) is 1. The molecule has 0 fully saturated rings. The number of benzene rings is 2. The predicted octanol–water partition coefficient (Wildman–Crippen LogP) is 3.35. The molecule has 1 N–H and O–H groups in total. The van der Waals surface area contributed by atoms with Crippen LogP contribution < -0.4 is 14.8 Å². The first kappa shape index (κ1) is 15.8. The molecule has 4 rings (SSSR count). The summed E-state index contributed by atoms with van der Waals surface area (Å²) < 4.78 is 16.3. The highest BCUT2D eigenvalue weighted by Gasteiger charge is 2.18. The molecule has 3 aromatic rings. The van der Waals surface area contributed by atoms with E-state index in [-0.39, 0.29) is 18.0 Å². The lowest BCUT2D eigenvalue weighted by atomic mass is 10.2. The fourth-order valence-electron chi connectivity index (χ4n) is 2.49. The van der Waals surface area contributed by atoms with Gasteiger partial charge in [-0.2, -0.15) is 0 Å². The third-order valence-corrected chi connectivity index (χ3v) is 4.77. The Bertz CT molecular complexity index is 891. The van der Waals surface area contributed by atoms with Crippen molar-refractivity contribution in [1.82, 2.24) is 10.3 Å². The molecule has 1 unspecified atom stereocenters. The zero-order valence-electron chi connectivity index (χ0n) is 13.5. The lowest BCUT2D eigenvalue weighted by Gasteiger charge is -2.10. The summed E-state index contributed by atoms with van der Waals surface area (Å²) in [5, 5.41) is 3.09. The van der Waals surface area contributed by atoms with Crippen molar-refractivity contribution in [1.29, 1.82) is 0 Å². The molecule has 6 nitrogen and oxygen atoms in total. The molecule has 128 valence electrons. The van der Waals surface area contributed by atoms with Gasteiger partial charge >= 0.3 is 0 Å². The third kappa shape index (κ3) is 3.41. The summed E-state index contributed by atoms with van der Waals surface area (Å²) in [7, 11) is 0. The molecule has 0 spiro atoms. The molecule has 0 saturated carbocycles. The molecule has 0 aliphatic carbocycles. The number of fused-ring (bicyclic) bond motifs is 2. The van der Waals surface area contributed by atoms with Crippen molar-refractivity contribution in [2.24, 2.45) is 0 Å². The molecule has 0 bridgehead atoms. The highest BCUT2D eigenvalue weighted by molar-refractivity contribution is 8.00. The van der Waals surface area contributed by atoms with Crippen molar-refractivity contribution >= 4 is 28.8 Å². The van der Waals surface area contributed by atoms with E-state index < -0.39 is 0 Å². The van der Waals surface area contributed by atoms with Crippen LogP contribution in [-0.2, 0) is 11.3 Å². The number of rotatable bonds is 5. The summed E-state index contributed by atoms with van der Waals surface area (Å²) in [5.74, 6) is 1.36. The second kappa shape index (κ2) is 6.68. The van der Waals surface area contributed by atoms with Gasteiger partial charge in [0.2, 0.25) is 12.7 Å². The number of amides is 1. The van der Waals surface area contributed by atoms with Crippen LogP contribution in [0.2, 0.25) is 0 Å². The van der Waals surface area contributed by atoms with Gasteiger partial charge in [0.15, 0.2) is 17.1 Å². The minimum absolute atomic E-state index is 0.0788. The van der Waals surface area contributed by atoms with Crippen molar-refractivity contribution in [2.45, 2.75) is 23.9 Å². The van der Waals surface area contributed by atoms with Crippen LogP contribution in [0.5, 0.6) is 11.5 Å². The van der Waals surface area contributed by atoms with Crippen molar-refractivity contribution in [3.63, 3.8) is 0 Å². The minimum atomic E-state index is -0.318. The zero-order chi connectivity index (χ0) is 17.2. The van der Waals surface area contributed by atoms with Crippen LogP contribution in [0.3, 0.4) is 0 Å². The summed E-state index contributed by atoms with van der Waals surface area (Å²) in [6.45, 7) is 2.49. The molecular weight excluding hydrogens is 340 g/mol. The summed E-state index contributed by atoms with van der Waals surface area (Å²) in [6.07, 6.45) is 0. The van der Waals surface area contributed by atoms with Crippen molar-refractivity contribution in [3.05, 3.63) is 48.0 Å². The molecule has 1 aromatic heterocycles. The van der Waals surface area contributed by atoms with Crippen LogP contribution in [0.1, 0.15) is 12.5 Å². The molecule has 2 aromatic carbocycles. The monoisotopic (exact) mass is 356 g/mol. The molecule has 25 heavy (non-hydrogen) atoms. The van der Waals surface area contributed by atoms with E-state index in [0.717, 1.165) is 22.4 Å². The molecule has 2 heterocycles. The normalized spacial score (nSPS) is 13.8. The fourth-order valence-corrected chi connectivity index (χ4v) is 3.27. The van der Waals surface area contributed by atoms with Gasteiger partial charge < -0.3 is 19.2 Å². The lowest BCUT2D eigenvalue weighted by Crippen LogP contribution is -2.30. The maximum atomic E-state index is 12.3. The highest BCUT2D eigenvalue weighted by Crippen LogP contribution is 2.32. The maximum absolute atomic E-state index is 12.3. The van der Waals surface area contributed by atoms with E-state index in [1.54, 1.807) is 0 Å². The van der Waals surface area contributed by atoms with Crippen LogP contribution in [-0.4, -0.2) is 22.9 Å². The van der Waals surface area contributed by atoms with Gasteiger partial charge in [-0.15, -0.1) is 0 Å². The van der Waals surface area contributed by atoms with Crippen LogP contribution in [0.25, 0.3) is 11.1 Å². The van der Waals surface area contributed by atoms with Gasteiger partial charge in [0, 0.05) is 6.54 Å². The number of hydrogen-bond donors (Lipinski definition) is 1. The Kier molecular flexibility index (Phi) is 4.23. The number of carbonyl (C=O) groups is 1. The maximum Gasteiger partial charge on any atom is 0.257 e. The summed E-state index contributed by atoms with van der Waals surface area (Å²) in [6, 6.07) is 13.2. The Morgan fingerprint density at radius 1 is 1.24 bits per heavy atom. The number of ether oxygens (including phenoxy) is 2. The van der Waals surface area contributed by atoms with Gasteiger partial charge in [-0.05, 0) is 36.8 Å². The van der Waals surface area contributed by atoms with Crippen LogP contribution in [0, 0.1) is 0 Å². The van der Waals surface area contributed by atoms with E-state index in [1.165, 1.54) is 11.8 Å². The highest BCUT2D eigenvalue weighted by atomic mass is 32.2. The van der Waals surface area contributed by atoms with E-state index in [9.17, 15) is 4.79 Å². The van der Waals surface area contributed by atoms with Gasteiger partial charge in [-0.25, -0.2) is 4.98 Å². The molecule has 0 radical (unpaired) electrons. The number of nitrogens with zero attached hydrogens (tertiary/aromatic N) is 1. The van der Waals surface area contributed by atoms with E-state index in [2.05, 4.69) is 10.3 Å². The van der Waals surface area contributed by atoms with Crippen molar-refractivity contribution in [3.8, 4) is 11.5 Å². The minimum Gasteiger partial charge on any atom is -0.454 e. The standard InChI is InChI=1S/C18H16N2O4S/c1-11(25-18-20-13-4-2-3-5-14(13)24-18)17(21)19-9-12-6-7-15-16(8-12)23-10-22-15/h2-8,11H,9-10H2,1H3,(H,19,21). The Morgan fingerprint density at radius 3 is 2.96 bits per heavy atom. The summed E-state index contributed by atoms with van der Waals surface area (Å²) in [5.41, 5.74) is 2.47. The number of thioether (sulfide) groups is 1. The zero-order valence-corrected chi connectivity index (χ0v) is 14.3. The van der Waals surface area contributed by atoms with Gasteiger partial charge in [0.25, 0.3) is 5.22 Å². The largest absolute Gasteiger partial charge is 0.454 e. The molecule has 1 amide bonds. The number of carbonyl (C=O) groups excluding carboxylic acids is 1. The first-order chi connectivity index (χ1) is 12.2. The van der Waals surface area contributed by atoms with Crippen LogP contribution in [0.4, 0.5) is 0 Å². The van der Waals surface area contributed by atoms with E-state index in [1.807, 2.05) is 49.4 Å². The number of aromatic nitrogens is 1. The Balaban J connectivity index is 1.35. The first-order valence-electron chi connectivity index (χ1n) is 7.87. The Morgan fingerprint density at radius 2 is 2.08 bits per heavy atom. The molecule has 7 heteroatoms. The smallest absolute Gasteiger partial charge is 0.257 e. The van der Waals surface area contributed by atoms with Crippen LogP contribution >= 0.6 is 11.8 Å². The summed E-state index contributed by atoms with van der Waals surface area (Å²) >= 11 is 1.30. The van der Waals surface area contributed by atoms with Gasteiger partial charge in [0.05, 0.1) is 5.25 Å². The molecule has 0 saturated heterocycles. The number of para-hydroxylation sites is 2. The molecule has 1 aliphatic rings. The lowest BCUT2D eigenvalue weighted by molar-refractivity contribution is -0.120. The summed E-state index contributed by atoms with van der Waals surface area (Å²) in [4.78, 5) is 16.7. The Hall–Kier alpha value is -2.67. The fraction of sp³-hybridized carbons (Fsp3) is 0.222. The van der Waals surface area contributed by atoms with E-state index >= 15 is 0 Å². The second-order valence-electron chi connectivity index (χ2n) is 5.61. The number of hydrogen-bond acceptors (Lipinski definition) is 6. The van der Waals surface area contributed by atoms with E-state index in [4.69, 9.17) is 13.9 Å². The van der Waals surface area contributed by atoms with Crippen molar-refractivity contribution in [2.75, 3.05) is 6.79 Å². The van der Waals surface area contributed by atoms with Crippen molar-refractivity contribution < 1.29 is 18.7 Å². The molecule has 1 atom stereocenters.